The zero-order valence-electron chi connectivity index (χ0n) is 16.4. The number of rotatable bonds is 6. The Hall–Kier alpha value is -4.35. The molecule has 0 fully saturated rings. The first kappa shape index (κ1) is 20.9. The predicted molar refractivity (Wildman–Crippen MR) is 103 cm³/mol. The molecule has 0 aliphatic heterocycles. The Balaban J connectivity index is 1.60. The molecule has 12 heteroatoms. The second-order valence-electron chi connectivity index (χ2n) is 6.68. The minimum atomic E-state index is -0.875. The first-order valence-electron chi connectivity index (χ1n) is 9.07. The van der Waals surface area contributed by atoms with Crippen LogP contribution in [0.5, 0.6) is 11.7 Å². The largest absolute Gasteiger partial charge is 0.421 e. The lowest BCUT2D eigenvalue weighted by Gasteiger charge is -2.06. The van der Waals surface area contributed by atoms with Crippen LogP contribution in [-0.4, -0.2) is 25.4 Å². The first-order valence-corrected chi connectivity index (χ1v) is 9.07. The third-order valence-corrected chi connectivity index (χ3v) is 4.60. The Bertz CT molecular complexity index is 1370. The molecule has 0 radical (unpaired) electrons. The van der Waals surface area contributed by atoms with Gasteiger partial charge in [0, 0.05) is 11.6 Å². The van der Waals surface area contributed by atoms with E-state index < -0.39 is 35.6 Å². The summed E-state index contributed by atoms with van der Waals surface area (Å²) in [6.07, 6.45) is 1.08. The molecule has 0 aliphatic carbocycles. The van der Waals surface area contributed by atoms with Gasteiger partial charge >= 0.3 is 11.6 Å². The highest BCUT2D eigenvalue weighted by Gasteiger charge is 2.20. The molecule has 0 aliphatic rings. The van der Waals surface area contributed by atoms with Crippen molar-refractivity contribution in [2.24, 2.45) is 5.73 Å². The summed E-state index contributed by atoms with van der Waals surface area (Å²) < 4.78 is 54.3. The summed E-state index contributed by atoms with van der Waals surface area (Å²) in [6.45, 7) is 1.07. The van der Waals surface area contributed by atoms with E-state index in [1.807, 2.05) is 0 Å². The van der Waals surface area contributed by atoms with E-state index >= 15 is 0 Å². The van der Waals surface area contributed by atoms with E-state index in [4.69, 9.17) is 15.0 Å². The zero-order chi connectivity index (χ0) is 23.0. The molecule has 0 atom stereocenters. The molecular formula is C20H14F3N5O4. The minimum Gasteiger partial charge on any atom is -0.421 e. The molecule has 0 unspecified atom stereocenters. The van der Waals surface area contributed by atoms with Crippen molar-refractivity contribution in [3.05, 3.63) is 87.5 Å². The molecule has 2 heterocycles. The number of carbonyl (C=O) groups excluding carboxylic acids is 1. The molecule has 32 heavy (non-hydrogen) atoms. The Morgan fingerprint density at radius 1 is 1.16 bits per heavy atom. The zero-order valence-corrected chi connectivity index (χ0v) is 16.4. The topological polar surface area (TPSA) is 118 Å². The van der Waals surface area contributed by atoms with Gasteiger partial charge in [-0.3, -0.25) is 9.36 Å². The van der Waals surface area contributed by atoms with Crippen molar-refractivity contribution < 1.29 is 27.2 Å². The van der Waals surface area contributed by atoms with Crippen LogP contribution in [0.15, 0.2) is 52.0 Å². The van der Waals surface area contributed by atoms with E-state index in [9.17, 15) is 22.8 Å². The van der Waals surface area contributed by atoms with Crippen molar-refractivity contribution in [3.8, 4) is 17.4 Å². The molecule has 2 aromatic heterocycles. The number of nitrogens with two attached hydrogens (primary N) is 1. The van der Waals surface area contributed by atoms with Gasteiger partial charge in [-0.2, -0.15) is 9.78 Å². The SMILES string of the molecule is Cc1c(C(N)=O)noc1Oc1ccc(-n2ncn(Cc3c(F)cccc3F)c2=O)cc1F. The monoisotopic (exact) mass is 445 g/mol. The summed E-state index contributed by atoms with van der Waals surface area (Å²) >= 11 is 0. The van der Waals surface area contributed by atoms with Gasteiger partial charge in [0.2, 0.25) is 0 Å². The third kappa shape index (κ3) is 3.73. The molecular weight excluding hydrogens is 431 g/mol. The number of primary amides is 1. The fourth-order valence-electron chi connectivity index (χ4n) is 2.92. The summed E-state index contributed by atoms with van der Waals surface area (Å²) in [7, 11) is 0. The number of halogens is 3. The number of carbonyl (C=O) groups is 1. The number of hydrogen-bond acceptors (Lipinski definition) is 6. The number of hydrogen-bond donors (Lipinski definition) is 1. The van der Waals surface area contributed by atoms with E-state index in [2.05, 4.69) is 10.3 Å². The number of ether oxygens (including phenoxy) is 1. The number of benzene rings is 2. The highest BCUT2D eigenvalue weighted by molar-refractivity contribution is 5.92. The van der Waals surface area contributed by atoms with Crippen LogP contribution in [0.1, 0.15) is 21.6 Å². The Labute approximate surface area is 177 Å². The molecule has 0 spiro atoms. The van der Waals surface area contributed by atoms with Crippen molar-refractivity contribution in [2.75, 3.05) is 0 Å². The van der Waals surface area contributed by atoms with Gasteiger partial charge < -0.3 is 15.0 Å². The molecule has 0 bridgehead atoms. The van der Waals surface area contributed by atoms with E-state index in [0.29, 0.717) is 0 Å². The number of amides is 1. The summed E-state index contributed by atoms with van der Waals surface area (Å²) in [6, 6.07) is 6.87. The van der Waals surface area contributed by atoms with Crippen LogP contribution in [0.2, 0.25) is 0 Å². The summed E-state index contributed by atoms with van der Waals surface area (Å²) in [4.78, 5) is 23.8. The van der Waals surface area contributed by atoms with E-state index in [0.717, 1.165) is 33.8 Å². The van der Waals surface area contributed by atoms with Gasteiger partial charge in [0.05, 0.1) is 17.8 Å². The van der Waals surface area contributed by atoms with Crippen molar-refractivity contribution in [1.82, 2.24) is 19.5 Å². The molecule has 164 valence electrons. The maximum Gasteiger partial charge on any atom is 0.350 e. The molecule has 4 aromatic rings. The normalized spacial score (nSPS) is 11.0. The smallest absolute Gasteiger partial charge is 0.350 e. The lowest BCUT2D eigenvalue weighted by Crippen LogP contribution is -2.24. The standard InChI is InChI=1S/C20H14F3N5O4/c1-10-17(18(24)29)26-32-19(10)31-16-6-5-11(7-15(16)23)28-20(30)27(9-25-28)8-12-13(21)3-2-4-14(12)22/h2-7,9H,8H2,1H3,(H2,24,29). The highest BCUT2D eigenvalue weighted by Crippen LogP contribution is 2.29. The Morgan fingerprint density at radius 3 is 2.50 bits per heavy atom. The molecule has 1 amide bonds. The summed E-state index contributed by atoms with van der Waals surface area (Å²) in [5.74, 6) is -3.81. The van der Waals surface area contributed by atoms with Crippen LogP contribution in [-0.2, 0) is 6.54 Å². The quantitative estimate of drug-likeness (QED) is 0.488. The second kappa shape index (κ2) is 8.06. The highest BCUT2D eigenvalue weighted by atomic mass is 19.1. The average molecular weight is 445 g/mol. The van der Waals surface area contributed by atoms with Gasteiger partial charge in [-0.05, 0) is 31.2 Å². The lowest BCUT2D eigenvalue weighted by atomic mass is 10.2. The molecule has 0 saturated carbocycles. The lowest BCUT2D eigenvalue weighted by molar-refractivity contribution is 0.0991. The fraction of sp³-hybridized carbons (Fsp3) is 0.100. The van der Waals surface area contributed by atoms with Gasteiger partial charge in [-0.1, -0.05) is 11.2 Å². The van der Waals surface area contributed by atoms with Crippen LogP contribution in [0, 0.1) is 24.4 Å². The minimum absolute atomic E-state index is 0.0414. The molecule has 0 saturated heterocycles. The summed E-state index contributed by atoms with van der Waals surface area (Å²) in [5.41, 5.74) is 4.18. The van der Waals surface area contributed by atoms with Gasteiger partial charge in [0.15, 0.2) is 17.3 Å². The van der Waals surface area contributed by atoms with E-state index in [1.165, 1.54) is 25.1 Å². The Morgan fingerprint density at radius 2 is 1.88 bits per heavy atom. The van der Waals surface area contributed by atoms with Crippen LogP contribution >= 0.6 is 0 Å². The second-order valence-corrected chi connectivity index (χ2v) is 6.68. The molecule has 4 rings (SSSR count). The van der Waals surface area contributed by atoms with Crippen molar-refractivity contribution >= 4 is 5.91 Å². The molecule has 9 nitrogen and oxygen atoms in total. The van der Waals surface area contributed by atoms with Gasteiger partial charge in [-0.15, -0.1) is 0 Å². The third-order valence-electron chi connectivity index (χ3n) is 4.60. The maximum absolute atomic E-state index is 14.6. The van der Waals surface area contributed by atoms with Crippen LogP contribution < -0.4 is 16.2 Å². The van der Waals surface area contributed by atoms with Crippen molar-refractivity contribution in [2.45, 2.75) is 13.5 Å². The fourth-order valence-corrected chi connectivity index (χ4v) is 2.92. The van der Waals surface area contributed by atoms with Crippen molar-refractivity contribution in [1.29, 1.82) is 0 Å². The van der Waals surface area contributed by atoms with Crippen LogP contribution in [0.4, 0.5) is 13.2 Å². The van der Waals surface area contributed by atoms with E-state index in [-0.39, 0.29) is 34.2 Å². The van der Waals surface area contributed by atoms with E-state index in [1.54, 1.807) is 0 Å². The Kier molecular flexibility index (Phi) is 5.26. The van der Waals surface area contributed by atoms with Crippen molar-refractivity contribution in [3.63, 3.8) is 0 Å². The van der Waals surface area contributed by atoms with Crippen LogP contribution in [0.3, 0.4) is 0 Å². The van der Waals surface area contributed by atoms with Crippen LogP contribution in [0.25, 0.3) is 5.69 Å². The van der Waals surface area contributed by atoms with Gasteiger partial charge in [0.25, 0.3) is 5.91 Å². The predicted octanol–water partition coefficient (Wildman–Crippen LogP) is 2.69. The molecule has 2 N–H and O–H groups in total. The van der Waals surface area contributed by atoms with Gasteiger partial charge in [-0.25, -0.2) is 18.0 Å². The first-order chi connectivity index (χ1) is 15.3. The number of nitrogens with zero attached hydrogens (tertiary/aromatic N) is 4. The average Bonchev–Trinajstić information content (AvgIpc) is 3.29. The number of aromatic nitrogens is 4. The molecule has 2 aromatic carbocycles. The summed E-state index contributed by atoms with van der Waals surface area (Å²) in [5, 5.41) is 7.33. The van der Waals surface area contributed by atoms with Gasteiger partial charge in [0.1, 0.15) is 18.0 Å². The maximum atomic E-state index is 14.6.